The minimum Gasteiger partial charge on any atom is -0.374 e. The molecule has 1 saturated carbocycles. The number of benzene rings is 1. The van der Waals surface area contributed by atoms with Crippen LogP contribution in [0.4, 0.5) is 22.0 Å². The summed E-state index contributed by atoms with van der Waals surface area (Å²) in [5.41, 5.74) is -4.45. The molecule has 4 nitrogen and oxygen atoms in total. The van der Waals surface area contributed by atoms with Crippen molar-refractivity contribution in [2.75, 3.05) is 13.1 Å². The van der Waals surface area contributed by atoms with Gasteiger partial charge in [-0.1, -0.05) is 46.6 Å². The molecule has 11 heteroatoms. The maximum Gasteiger partial charge on any atom is 0.435 e. The quantitative estimate of drug-likeness (QED) is 0.354. The Morgan fingerprint density at radius 1 is 1.18 bits per heavy atom. The SMILES string of the molecule is O=C(C1CC1)N1CC(F)(C2=CCC(C3=NOC(c4cc(Cl)c(F)c(Cl)c4)(C(F)(F)F)C3)C=C2)C1. The largest absolute Gasteiger partial charge is 0.435 e. The average molecular weight is 521 g/mol. The normalized spacial score (nSPS) is 28.2. The van der Waals surface area contributed by atoms with Crippen molar-refractivity contribution in [3.8, 4) is 0 Å². The van der Waals surface area contributed by atoms with Crippen LogP contribution >= 0.6 is 23.2 Å². The van der Waals surface area contributed by atoms with Crippen LogP contribution in [0.1, 0.15) is 31.2 Å². The molecule has 1 aromatic carbocycles. The molecular formula is C23H19Cl2F5N2O2. The Balaban J connectivity index is 1.30. The van der Waals surface area contributed by atoms with Gasteiger partial charge in [-0.05, 0) is 37.0 Å². The van der Waals surface area contributed by atoms with Gasteiger partial charge >= 0.3 is 6.18 Å². The molecule has 2 aliphatic carbocycles. The molecule has 2 atom stereocenters. The number of halogens is 7. The van der Waals surface area contributed by atoms with Crippen LogP contribution in [0.2, 0.25) is 10.0 Å². The Morgan fingerprint density at radius 2 is 1.82 bits per heavy atom. The van der Waals surface area contributed by atoms with E-state index in [0.29, 0.717) is 5.57 Å². The van der Waals surface area contributed by atoms with Gasteiger partial charge < -0.3 is 9.74 Å². The summed E-state index contributed by atoms with van der Waals surface area (Å²) in [6.45, 7) is -0.0347. The van der Waals surface area contributed by atoms with Gasteiger partial charge in [-0.2, -0.15) is 13.2 Å². The van der Waals surface area contributed by atoms with E-state index in [-0.39, 0.29) is 37.0 Å². The number of likely N-dealkylation sites (tertiary alicyclic amines) is 1. The Hall–Kier alpha value is -2.13. The van der Waals surface area contributed by atoms with Gasteiger partial charge in [0.15, 0.2) is 11.5 Å². The zero-order valence-electron chi connectivity index (χ0n) is 17.6. The van der Waals surface area contributed by atoms with Crippen molar-refractivity contribution in [2.24, 2.45) is 17.0 Å². The highest BCUT2D eigenvalue weighted by Gasteiger charge is 2.63. The van der Waals surface area contributed by atoms with Crippen LogP contribution < -0.4 is 0 Å². The molecule has 0 bridgehead atoms. The smallest absolute Gasteiger partial charge is 0.374 e. The molecule has 2 fully saturated rings. The number of rotatable bonds is 4. The fourth-order valence-electron chi connectivity index (χ4n) is 4.60. The molecule has 1 aromatic rings. The number of amides is 1. The van der Waals surface area contributed by atoms with E-state index in [1.165, 1.54) is 11.0 Å². The van der Waals surface area contributed by atoms with Crippen LogP contribution in [0.15, 0.2) is 41.1 Å². The van der Waals surface area contributed by atoms with Crippen LogP contribution in [0.3, 0.4) is 0 Å². The first kappa shape index (κ1) is 23.6. The van der Waals surface area contributed by atoms with Crippen LogP contribution in [0, 0.1) is 17.7 Å². The second-order valence-electron chi connectivity index (χ2n) is 9.22. The number of hydrogen-bond acceptors (Lipinski definition) is 3. The van der Waals surface area contributed by atoms with Gasteiger partial charge in [0.05, 0.1) is 28.8 Å². The van der Waals surface area contributed by atoms with Crippen LogP contribution in [0.5, 0.6) is 0 Å². The molecule has 2 unspecified atom stereocenters. The van der Waals surface area contributed by atoms with Crippen LogP contribution in [-0.4, -0.2) is 41.5 Å². The molecule has 5 rings (SSSR count). The third kappa shape index (κ3) is 3.81. The number of carbonyl (C=O) groups excluding carboxylic acids is 1. The number of hydrogen-bond donors (Lipinski definition) is 0. The molecule has 182 valence electrons. The highest BCUT2D eigenvalue weighted by Crippen LogP contribution is 2.51. The first-order valence-electron chi connectivity index (χ1n) is 10.8. The minimum atomic E-state index is -4.89. The van der Waals surface area contributed by atoms with Gasteiger partial charge in [0.25, 0.3) is 5.60 Å². The first-order valence-corrected chi connectivity index (χ1v) is 11.5. The van der Waals surface area contributed by atoms with E-state index in [1.807, 2.05) is 0 Å². The molecule has 1 amide bonds. The van der Waals surface area contributed by atoms with Crippen LogP contribution in [0.25, 0.3) is 0 Å². The number of carbonyl (C=O) groups is 1. The molecule has 0 N–H and O–H groups in total. The van der Waals surface area contributed by atoms with E-state index in [2.05, 4.69) is 5.16 Å². The van der Waals surface area contributed by atoms with Crippen LogP contribution in [-0.2, 0) is 15.2 Å². The summed E-state index contributed by atoms with van der Waals surface area (Å²) < 4.78 is 71.5. The molecule has 0 spiro atoms. The summed E-state index contributed by atoms with van der Waals surface area (Å²) in [6, 6.07) is 1.67. The van der Waals surface area contributed by atoms with Gasteiger partial charge in [-0.15, -0.1) is 0 Å². The fourth-order valence-corrected chi connectivity index (χ4v) is 5.09. The van der Waals surface area contributed by atoms with E-state index < -0.39 is 51.2 Å². The highest BCUT2D eigenvalue weighted by atomic mass is 35.5. The molecule has 1 saturated heterocycles. The summed E-state index contributed by atoms with van der Waals surface area (Å²) >= 11 is 11.4. The second-order valence-corrected chi connectivity index (χ2v) is 10.0. The Kier molecular flexibility index (Phi) is 5.52. The van der Waals surface area contributed by atoms with Gasteiger partial charge in [-0.25, -0.2) is 8.78 Å². The monoisotopic (exact) mass is 520 g/mol. The van der Waals surface area contributed by atoms with Gasteiger partial charge in [0, 0.05) is 23.8 Å². The van der Waals surface area contributed by atoms with E-state index >= 15 is 4.39 Å². The third-order valence-electron chi connectivity index (χ3n) is 6.82. The van der Waals surface area contributed by atoms with Crippen molar-refractivity contribution < 1.29 is 31.6 Å². The minimum absolute atomic E-state index is 0.0174. The molecule has 34 heavy (non-hydrogen) atoms. The van der Waals surface area contributed by atoms with Gasteiger partial charge in [-0.3, -0.25) is 4.79 Å². The third-order valence-corrected chi connectivity index (χ3v) is 7.37. The molecule has 0 aromatic heterocycles. The van der Waals surface area contributed by atoms with E-state index in [0.717, 1.165) is 25.0 Å². The van der Waals surface area contributed by atoms with Gasteiger partial charge in [0.2, 0.25) is 5.91 Å². The lowest BCUT2D eigenvalue weighted by molar-refractivity contribution is -0.275. The Labute approximate surface area is 202 Å². The summed E-state index contributed by atoms with van der Waals surface area (Å²) in [5, 5.41) is 2.59. The van der Waals surface area contributed by atoms with Crippen molar-refractivity contribution in [1.82, 2.24) is 4.90 Å². The van der Waals surface area contributed by atoms with Crippen molar-refractivity contribution in [3.05, 3.63) is 57.4 Å². The molecular weight excluding hydrogens is 502 g/mol. The molecule has 2 heterocycles. The summed E-state index contributed by atoms with van der Waals surface area (Å²) in [5.74, 6) is -1.56. The van der Waals surface area contributed by atoms with Crippen molar-refractivity contribution in [2.45, 2.75) is 43.1 Å². The van der Waals surface area contributed by atoms with E-state index in [1.54, 1.807) is 12.2 Å². The predicted octanol–water partition coefficient (Wildman–Crippen LogP) is 6.13. The zero-order chi connectivity index (χ0) is 24.5. The second kappa shape index (κ2) is 7.95. The average Bonchev–Trinajstić information content (AvgIpc) is 3.51. The molecule has 2 aliphatic heterocycles. The number of alkyl halides is 4. The maximum atomic E-state index is 15.2. The number of nitrogens with zero attached hydrogens (tertiary/aromatic N) is 2. The lowest BCUT2D eigenvalue weighted by atomic mass is 9.79. The van der Waals surface area contributed by atoms with Crippen molar-refractivity contribution >= 4 is 34.8 Å². The predicted molar refractivity (Wildman–Crippen MR) is 116 cm³/mol. The van der Waals surface area contributed by atoms with Crippen molar-refractivity contribution in [1.29, 1.82) is 0 Å². The summed E-state index contributed by atoms with van der Waals surface area (Å²) in [7, 11) is 0. The number of oxime groups is 1. The number of allylic oxidation sites excluding steroid dienone is 3. The highest BCUT2D eigenvalue weighted by molar-refractivity contribution is 6.35. The lowest BCUT2D eigenvalue weighted by Crippen LogP contribution is -2.62. The summed E-state index contributed by atoms with van der Waals surface area (Å²) in [6.07, 6.45) is 1.15. The van der Waals surface area contributed by atoms with Crippen molar-refractivity contribution in [3.63, 3.8) is 0 Å². The first-order chi connectivity index (χ1) is 15.9. The summed E-state index contributed by atoms with van der Waals surface area (Å²) in [4.78, 5) is 18.5. The lowest BCUT2D eigenvalue weighted by Gasteiger charge is -2.46. The zero-order valence-corrected chi connectivity index (χ0v) is 19.2. The maximum absolute atomic E-state index is 15.2. The van der Waals surface area contributed by atoms with Gasteiger partial charge in [0.1, 0.15) is 0 Å². The Bertz CT molecular complexity index is 1120. The molecule has 4 aliphatic rings. The van der Waals surface area contributed by atoms with E-state index in [9.17, 15) is 22.4 Å². The standard InChI is InChI=1S/C23H19Cl2F5N2O2/c24-16-7-15(8-17(25)19(16)26)22(23(28,29)30)9-18(31-34-22)12-3-5-14(6-4-12)21(27)10-32(11-21)20(33)13-1-2-13/h3,5-8,12-13H,1-2,4,9-11H2. The van der Waals surface area contributed by atoms with E-state index in [4.69, 9.17) is 28.0 Å². The molecule has 0 radical (unpaired) electrons. The topological polar surface area (TPSA) is 41.9 Å². The fraction of sp³-hybridized carbons (Fsp3) is 0.478. The Morgan fingerprint density at radius 3 is 2.35 bits per heavy atom.